The first-order valence-electron chi connectivity index (χ1n) is 7.98. The highest BCUT2D eigenvalue weighted by atomic mass is 35.5. The van der Waals surface area contributed by atoms with Crippen molar-refractivity contribution < 1.29 is 4.79 Å². The molecule has 24 heavy (non-hydrogen) atoms. The monoisotopic (exact) mass is 356 g/mol. The van der Waals surface area contributed by atoms with E-state index in [1.807, 2.05) is 60.7 Å². The van der Waals surface area contributed by atoms with Crippen molar-refractivity contribution in [1.82, 2.24) is 0 Å². The van der Waals surface area contributed by atoms with Crippen LogP contribution in [-0.4, -0.2) is 5.78 Å². The summed E-state index contributed by atoms with van der Waals surface area (Å²) < 4.78 is 0. The van der Waals surface area contributed by atoms with Gasteiger partial charge in [0, 0.05) is 21.2 Å². The zero-order valence-corrected chi connectivity index (χ0v) is 14.9. The lowest BCUT2D eigenvalue weighted by Crippen LogP contribution is -2.18. The molecule has 0 aromatic heterocycles. The molecule has 0 aliphatic heterocycles. The van der Waals surface area contributed by atoms with Crippen LogP contribution in [0.1, 0.15) is 30.9 Å². The van der Waals surface area contributed by atoms with Crippen LogP contribution < -0.4 is 0 Å². The topological polar surface area (TPSA) is 17.1 Å². The van der Waals surface area contributed by atoms with Crippen LogP contribution in [0.25, 0.3) is 12.2 Å². The van der Waals surface area contributed by atoms with E-state index >= 15 is 0 Å². The van der Waals surface area contributed by atoms with E-state index in [9.17, 15) is 4.79 Å². The Labute approximate surface area is 152 Å². The third-order valence-electron chi connectivity index (χ3n) is 4.14. The van der Waals surface area contributed by atoms with Crippen LogP contribution in [0.2, 0.25) is 10.0 Å². The number of carbonyl (C=O) groups excluding carboxylic acids is 1. The van der Waals surface area contributed by atoms with Gasteiger partial charge in [-0.25, -0.2) is 0 Å². The Kier molecular flexibility index (Phi) is 5.23. The second-order valence-corrected chi connectivity index (χ2v) is 7.16. The smallest absolute Gasteiger partial charge is 0.185 e. The van der Waals surface area contributed by atoms with E-state index in [2.05, 4.69) is 6.92 Å². The van der Waals surface area contributed by atoms with E-state index < -0.39 is 0 Å². The molecule has 3 heteroatoms. The van der Waals surface area contributed by atoms with Gasteiger partial charge in [0.15, 0.2) is 5.78 Å². The summed E-state index contributed by atoms with van der Waals surface area (Å²) in [6.07, 6.45) is 5.56. The minimum absolute atomic E-state index is 0.137. The summed E-state index contributed by atoms with van der Waals surface area (Å²) in [4.78, 5) is 12.8. The molecule has 1 aliphatic carbocycles. The van der Waals surface area contributed by atoms with E-state index in [0.29, 0.717) is 16.0 Å². The molecular formula is C21H18Cl2O. The Balaban J connectivity index is 1.90. The van der Waals surface area contributed by atoms with Crippen molar-refractivity contribution >= 4 is 41.1 Å². The summed E-state index contributed by atoms with van der Waals surface area (Å²) >= 11 is 11.8. The minimum atomic E-state index is 0.137. The van der Waals surface area contributed by atoms with Crippen molar-refractivity contribution in [3.63, 3.8) is 0 Å². The molecule has 0 heterocycles. The first-order valence-corrected chi connectivity index (χ1v) is 8.74. The van der Waals surface area contributed by atoms with Crippen LogP contribution in [0.5, 0.6) is 0 Å². The van der Waals surface area contributed by atoms with Crippen molar-refractivity contribution in [1.29, 1.82) is 0 Å². The first kappa shape index (κ1) is 17.0. The number of Topliss-reactive ketones (excluding diaryl/α,β-unsaturated/α-hetero) is 1. The number of benzene rings is 2. The largest absolute Gasteiger partial charge is 0.289 e. The molecule has 0 bridgehead atoms. The fourth-order valence-electron chi connectivity index (χ4n) is 2.98. The Hall–Kier alpha value is -1.83. The van der Waals surface area contributed by atoms with Crippen molar-refractivity contribution in [2.24, 2.45) is 5.92 Å². The Morgan fingerprint density at radius 3 is 1.54 bits per heavy atom. The third kappa shape index (κ3) is 4.17. The molecule has 122 valence electrons. The van der Waals surface area contributed by atoms with Gasteiger partial charge in [-0.1, -0.05) is 54.4 Å². The highest BCUT2D eigenvalue weighted by Gasteiger charge is 2.25. The molecule has 2 aromatic carbocycles. The standard InChI is InChI=1S/C21H18Cl2O/c1-14-10-17(12-15-2-6-19(22)7-3-15)21(24)18(11-14)13-16-4-8-20(23)9-5-16/h2-9,12-14H,10-11H2,1H3/b17-12+,18-13?. The van der Waals surface area contributed by atoms with Crippen LogP contribution in [0.4, 0.5) is 0 Å². The summed E-state index contributed by atoms with van der Waals surface area (Å²) in [5, 5.41) is 1.40. The zero-order valence-electron chi connectivity index (χ0n) is 13.4. The fourth-order valence-corrected chi connectivity index (χ4v) is 3.24. The molecule has 2 aromatic rings. The van der Waals surface area contributed by atoms with Crippen LogP contribution in [0.15, 0.2) is 59.7 Å². The van der Waals surface area contributed by atoms with Gasteiger partial charge in [-0.05, 0) is 66.3 Å². The van der Waals surface area contributed by atoms with Gasteiger partial charge >= 0.3 is 0 Å². The van der Waals surface area contributed by atoms with Gasteiger partial charge in [0.05, 0.1) is 0 Å². The molecule has 0 N–H and O–H groups in total. The van der Waals surface area contributed by atoms with Gasteiger partial charge in [0.2, 0.25) is 0 Å². The SMILES string of the molecule is CC1CC(=Cc2ccc(Cl)cc2)C(=O)/C(=C/c2ccc(Cl)cc2)C1. The maximum absolute atomic E-state index is 12.8. The summed E-state index contributed by atoms with van der Waals surface area (Å²) in [6.45, 7) is 2.18. The summed E-state index contributed by atoms with van der Waals surface area (Å²) in [5.74, 6) is 0.581. The number of hydrogen-bond donors (Lipinski definition) is 0. The highest BCUT2D eigenvalue weighted by molar-refractivity contribution is 6.30. The predicted molar refractivity (Wildman–Crippen MR) is 102 cm³/mol. The van der Waals surface area contributed by atoms with Crippen molar-refractivity contribution in [2.45, 2.75) is 19.8 Å². The van der Waals surface area contributed by atoms with Crippen LogP contribution in [-0.2, 0) is 4.79 Å². The average molecular weight is 357 g/mol. The average Bonchev–Trinajstić information content (AvgIpc) is 2.56. The van der Waals surface area contributed by atoms with Crippen molar-refractivity contribution in [2.75, 3.05) is 0 Å². The Bertz CT molecular complexity index is 731. The van der Waals surface area contributed by atoms with E-state index in [0.717, 1.165) is 35.1 Å². The number of halogens is 2. The quantitative estimate of drug-likeness (QED) is 0.564. The molecule has 0 amide bonds. The third-order valence-corrected chi connectivity index (χ3v) is 4.65. The van der Waals surface area contributed by atoms with E-state index in [4.69, 9.17) is 23.2 Å². The predicted octanol–water partition coefficient (Wildman–Crippen LogP) is 6.46. The van der Waals surface area contributed by atoms with Gasteiger partial charge in [-0.2, -0.15) is 0 Å². The molecule has 1 fully saturated rings. The van der Waals surface area contributed by atoms with Crippen LogP contribution >= 0.6 is 23.2 Å². The van der Waals surface area contributed by atoms with Gasteiger partial charge in [-0.3, -0.25) is 4.79 Å². The van der Waals surface area contributed by atoms with Crippen LogP contribution in [0.3, 0.4) is 0 Å². The molecule has 0 saturated heterocycles. The summed E-state index contributed by atoms with van der Waals surface area (Å²) in [6, 6.07) is 15.1. The maximum atomic E-state index is 12.8. The zero-order chi connectivity index (χ0) is 17.1. The Morgan fingerprint density at radius 2 is 1.17 bits per heavy atom. The highest BCUT2D eigenvalue weighted by Crippen LogP contribution is 2.32. The molecule has 0 radical (unpaired) electrons. The van der Waals surface area contributed by atoms with E-state index in [1.54, 1.807) is 0 Å². The molecule has 3 rings (SSSR count). The van der Waals surface area contributed by atoms with Crippen molar-refractivity contribution in [3.8, 4) is 0 Å². The second-order valence-electron chi connectivity index (χ2n) is 6.28. The lowest BCUT2D eigenvalue weighted by Gasteiger charge is -2.22. The number of rotatable bonds is 2. The minimum Gasteiger partial charge on any atom is -0.289 e. The van der Waals surface area contributed by atoms with Gasteiger partial charge in [-0.15, -0.1) is 0 Å². The number of allylic oxidation sites excluding steroid dienone is 2. The molecule has 1 aliphatic rings. The number of carbonyl (C=O) groups is 1. The van der Waals surface area contributed by atoms with Gasteiger partial charge in [0.25, 0.3) is 0 Å². The fraction of sp³-hybridized carbons (Fsp3) is 0.190. The number of hydrogen-bond acceptors (Lipinski definition) is 1. The molecule has 1 unspecified atom stereocenters. The molecule has 1 saturated carbocycles. The lowest BCUT2D eigenvalue weighted by atomic mass is 9.81. The second kappa shape index (κ2) is 7.38. The molecule has 1 atom stereocenters. The lowest BCUT2D eigenvalue weighted by molar-refractivity contribution is -0.113. The molecular weight excluding hydrogens is 339 g/mol. The number of ketones is 1. The van der Waals surface area contributed by atoms with Crippen LogP contribution in [0, 0.1) is 5.92 Å². The molecule has 0 spiro atoms. The first-order chi connectivity index (χ1) is 11.5. The van der Waals surface area contributed by atoms with E-state index in [-0.39, 0.29) is 5.78 Å². The molecule has 1 nitrogen and oxygen atoms in total. The van der Waals surface area contributed by atoms with Gasteiger partial charge < -0.3 is 0 Å². The van der Waals surface area contributed by atoms with E-state index in [1.165, 1.54) is 0 Å². The summed E-state index contributed by atoms with van der Waals surface area (Å²) in [7, 11) is 0. The Morgan fingerprint density at radius 1 is 0.792 bits per heavy atom. The normalized spacial score (nSPS) is 21.5. The van der Waals surface area contributed by atoms with Gasteiger partial charge in [0.1, 0.15) is 0 Å². The maximum Gasteiger partial charge on any atom is 0.185 e. The summed E-state index contributed by atoms with van der Waals surface area (Å²) in [5.41, 5.74) is 3.72. The van der Waals surface area contributed by atoms with Crippen molar-refractivity contribution in [3.05, 3.63) is 80.8 Å².